The van der Waals surface area contributed by atoms with Gasteiger partial charge in [0.1, 0.15) is 0 Å². The highest BCUT2D eigenvalue weighted by molar-refractivity contribution is 5.98. The highest BCUT2D eigenvalue weighted by Crippen LogP contribution is 2.21. The lowest BCUT2D eigenvalue weighted by Gasteiger charge is -2.23. The predicted molar refractivity (Wildman–Crippen MR) is 72.1 cm³/mol. The van der Waals surface area contributed by atoms with Gasteiger partial charge in [0.05, 0.1) is 12.0 Å². The molecule has 1 aliphatic rings. The van der Waals surface area contributed by atoms with Crippen molar-refractivity contribution >= 4 is 17.6 Å². The molecule has 5 heteroatoms. The number of benzene rings is 1. The Labute approximate surface area is 112 Å². The molecule has 1 saturated heterocycles. The lowest BCUT2D eigenvalue weighted by molar-refractivity contribution is -0.136. The summed E-state index contributed by atoms with van der Waals surface area (Å²) in [6, 6.07) is 6.89. The van der Waals surface area contributed by atoms with Crippen LogP contribution in [0.5, 0.6) is 0 Å². The fourth-order valence-corrected chi connectivity index (χ4v) is 2.24. The summed E-state index contributed by atoms with van der Waals surface area (Å²) < 4.78 is 0. The van der Waals surface area contributed by atoms with E-state index in [2.05, 4.69) is 10.6 Å². The molecule has 0 saturated carbocycles. The van der Waals surface area contributed by atoms with Gasteiger partial charge in [-0.3, -0.25) is 9.59 Å². The zero-order chi connectivity index (χ0) is 13.9. The smallest absolute Gasteiger partial charge is 0.307 e. The van der Waals surface area contributed by atoms with Crippen molar-refractivity contribution in [1.29, 1.82) is 0 Å². The van der Waals surface area contributed by atoms with Gasteiger partial charge in [-0.1, -0.05) is 12.1 Å². The van der Waals surface area contributed by atoms with Gasteiger partial charge in [-0.15, -0.1) is 0 Å². The van der Waals surface area contributed by atoms with Crippen molar-refractivity contribution in [3.63, 3.8) is 0 Å². The van der Waals surface area contributed by atoms with Gasteiger partial charge in [0.25, 0.3) is 0 Å². The molecule has 1 amide bonds. The monoisotopic (exact) mass is 262 g/mol. The van der Waals surface area contributed by atoms with Gasteiger partial charge in [-0.05, 0) is 44.0 Å². The van der Waals surface area contributed by atoms with Crippen LogP contribution in [0.15, 0.2) is 24.3 Å². The summed E-state index contributed by atoms with van der Waals surface area (Å²) >= 11 is 0. The molecule has 1 atom stereocenters. The van der Waals surface area contributed by atoms with Crippen LogP contribution in [0.4, 0.5) is 5.69 Å². The minimum atomic E-state index is -0.862. The van der Waals surface area contributed by atoms with Crippen LogP contribution in [0.3, 0.4) is 0 Å². The Morgan fingerprint density at radius 1 is 1.37 bits per heavy atom. The third kappa shape index (κ3) is 3.32. The normalized spacial score (nSPS) is 22.2. The summed E-state index contributed by atoms with van der Waals surface area (Å²) in [7, 11) is 0. The fraction of sp³-hybridized carbons (Fsp3) is 0.429. The number of carboxylic acids is 1. The van der Waals surface area contributed by atoms with E-state index in [-0.39, 0.29) is 12.3 Å². The fourth-order valence-electron chi connectivity index (χ4n) is 2.24. The Morgan fingerprint density at radius 2 is 2.05 bits per heavy atom. The summed E-state index contributed by atoms with van der Waals surface area (Å²) in [5.74, 6) is -0.907. The van der Waals surface area contributed by atoms with Crippen LogP contribution >= 0.6 is 0 Å². The van der Waals surface area contributed by atoms with E-state index in [0.717, 1.165) is 24.9 Å². The number of anilines is 1. The predicted octanol–water partition coefficient (Wildman–Crippen LogP) is 1.39. The number of nitrogens with one attached hydrogen (secondary N) is 2. The van der Waals surface area contributed by atoms with Gasteiger partial charge in [0.2, 0.25) is 5.91 Å². The van der Waals surface area contributed by atoms with E-state index in [9.17, 15) is 9.59 Å². The zero-order valence-electron chi connectivity index (χ0n) is 10.9. The number of hydrogen-bond donors (Lipinski definition) is 3. The second kappa shape index (κ2) is 5.40. The maximum atomic E-state index is 12.1. The molecular weight excluding hydrogens is 244 g/mol. The molecule has 1 heterocycles. The quantitative estimate of drug-likeness (QED) is 0.766. The largest absolute Gasteiger partial charge is 0.481 e. The summed E-state index contributed by atoms with van der Waals surface area (Å²) in [4.78, 5) is 22.7. The zero-order valence-corrected chi connectivity index (χ0v) is 10.9. The number of carbonyl (C=O) groups excluding carboxylic acids is 1. The van der Waals surface area contributed by atoms with E-state index in [0.29, 0.717) is 5.69 Å². The maximum Gasteiger partial charge on any atom is 0.307 e. The van der Waals surface area contributed by atoms with Crippen molar-refractivity contribution in [2.24, 2.45) is 0 Å². The van der Waals surface area contributed by atoms with E-state index in [4.69, 9.17) is 5.11 Å². The van der Waals surface area contributed by atoms with Crippen LogP contribution in [0.2, 0.25) is 0 Å². The van der Waals surface area contributed by atoms with Crippen molar-refractivity contribution in [3.05, 3.63) is 29.8 Å². The number of rotatable bonds is 4. The van der Waals surface area contributed by atoms with Crippen molar-refractivity contribution < 1.29 is 14.7 Å². The molecule has 19 heavy (non-hydrogen) atoms. The summed E-state index contributed by atoms with van der Waals surface area (Å²) in [6.07, 6.45) is 1.82. The number of carboxylic acid groups (broad SMARTS) is 1. The Morgan fingerprint density at radius 3 is 2.58 bits per heavy atom. The van der Waals surface area contributed by atoms with Gasteiger partial charge in [0, 0.05) is 5.69 Å². The first-order valence-electron chi connectivity index (χ1n) is 6.37. The summed E-state index contributed by atoms with van der Waals surface area (Å²) in [5, 5.41) is 14.7. The molecule has 102 valence electrons. The first-order valence-corrected chi connectivity index (χ1v) is 6.37. The minimum Gasteiger partial charge on any atom is -0.481 e. The molecule has 3 N–H and O–H groups in total. The van der Waals surface area contributed by atoms with E-state index in [1.165, 1.54) is 0 Å². The Hall–Kier alpha value is -1.88. The van der Waals surface area contributed by atoms with E-state index < -0.39 is 11.5 Å². The molecular formula is C14H18N2O3. The molecule has 1 aromatic rings. The molecule has 5 nitrogen and oxygen atoms in total. The van der Waals surface area contributed by atoms with Crippen LogP contribution in [-0.4, -0.2) is 29.1 Å². The first-order chi connectivity index (χ1) is 8.99. The van der Waals surface area contributed by atoms with E-state index >= 15 is 0 Å². The van der Waals surface area contributed by atoms with E-state index in [1.54, 1.807) is 24.3 Å². The Kier molecular flexibility index (Phi) is 3.85. The molecule has 2 rings (SSSR count). The number of amides is 1. The molecule has 1 unspecified atom stereocenters. The Bertz CT molecular complexity index is 476. The third-order valence-electron chi connectivity index (χ3n) is 3.44. The topological polar surface area (TPSA) is 78.4 Å². The average molecular weight is 262 g/mol. The summed E-state index contributed by atoms with van der Waals surface area (Å²) in [6.45, 7) is 2.76. The highest BCUT2D eigenvalue weighted by atomic mass is 16.4. The molecule has 0 spiro atoms. The average Bonchev–Trinajstić information content (AvgIpc) is 2.79. The number of carbonyl (C=O) groups is 2. The van der Waals surface area contributed by atoms with Crippen molar-refractivity contribution in [1.82, 2.24) is 5.32 Å². The lowest BCUT2D eigenvalue weighted by Crippen LogP contribution is -2.47. The van der Waals surface area contributed by atoms with Gasteiger partial charge in [0.15, 0.2) is 0 Å². The van der Waals surface area contributed by atoms with Crippen LogP contribution < -0.4 is 10.6 Å². The van der Waals surface area contributed by atoms with Crippen LogP contribution in [0.1, 0.15) is 25.3 Å². The second-order valence-electron chi connectivity index (χ2n) is 5.08. The summed E-state index contributed by atoms with van der Waals surface area (Å²) in [5.41, 5.74) is 0.907. The van der Waals surface area contributed by atoms with Crippen molar-refractivity contribution in [2.45, 2.75) is 31.7 Å². The molecule has 1 aromatic carbocycles. The second-order valence-corrected chi connectivity index (χ2v) is 5.08. The van der Waals surface area contributed by atoms with Crippen LogP contribution in [0, 0.1) is 0 Å². The van der Waals surface area contributed by atoms with Crippen molar-refractivity contribution in [3.8, 4) is 0 Å². The standard InChI is InChI=1S/C14H18N2O3/c1-14(7-2-8-15-14)13(19)16-11-5-3-10(4-6-11)9-12(17)18/h3-6,15H,2,7-9H2,1H3,(H,16,19)(H,17,18). The SMILES string of the molecule is CC1(C(=O)Nc2ccc(CC(=O)O)cc2)CCCN1. The van der Waals surface area contributed by atoms with Gasteiger partial charge in [-0.2, -0.15) is 0 Å². The molecule has 0 aliphatic carbocycles. The van der Waals surface area contributed by atoms with Gasteiger partial charge < -0.3 is 15.7 Å². The molecule has 0 radical (unpaired) electrons. The number of aliphatic carboxylic acids is 1. The van der Waals surface area contributed by atoms with Crippen LogP contribution in [0.25, 0.3) is 0 Å². The number of hydrogen-bond acceptors (Lipinski definition) is 3. The Balaban J connectivity index is 1.99. The van der Waals surface area contributed by atoms with Gasteiger partial charge in [-0.25, -0.2) is 0 Å². The van der Waals surface area contributed by atoms with Crippen molar-refractivity contribution in [2.75, 3.05) is 11.9 Å². The lowest BCUT2D eigenvalue weighted by atomic mass is 9.99. The molecule has 0 bridgehead atoms. The minimum absolute atomic E-state index is 0.00645. The maximum absolute atomic E-state index is 12.1. The van der Waals surface area contributed by atoms with E-state index in [1.807, 2.05) is 6.92 Å². The van der Waals surface area contributed by atoms with Crippen LogP contribution in [-0.2, 0) is 16.0 Å². The van der Waals surface area contributed by atoms with Gasteiger partial charge >= 0.3 is 5.97 Å². The molecule has 1 aliphatic heterocycles. The highest BCUT2D eigenvalue weighted by Gasteiger charge is 2.35. The first kappa shape index (κ1) is 13.5. The molecule has 1 fully saturated rings. The third-order valence-corrected chi connectivity index (χ3v) is 3.44. The molecule has 0 aromatic heterocycles.